The van der Waals surface area contributed by atoms with E-state index in [1.165, 1.54) is 22.3 Å². The van der Waals surface area contributed by atoms with E-state index in [2.05, 4.69) is 5.32 Å². The van der Waals surface area contributed by atoms with Gasteiger partial charge in [0.1, 0.15) is 9.92 Å². The predicted octanol–water partition coefficient (Wildman–Crippen LogP) is 5.52. The highest BCUT2D eigenvalue weighted by Gasteiger charge is 2.32. The van der Waals surface area contributed by atoms with Crippen LogP contribution in [0.25, 0.3) is 17.2 Å². The van der Waals surface area contributed by atoms with Crippen LogP contribution in [0, 0.1) is 11.6 Å². The van der Waals surface area contributed by atoms with Crippen LogP contribution in [0.4, 0.5) is 8.78 Å². The average molecular weight is 553 g/mol. The summed E-state index contributed by atoms with van der Waals surface area (Å²) in [5.74, 6) is -2.68. The number of ether oxygens (including phenoxy) is 1. The number of carbonyl (C=O) groups excluding carboxylic acids is 3. The monoisotopic (exact) mass is 552 g/mol. The van der Waals surface area contributed by atoms with Crippen molar-refractivity contribution in [2.75, 3.05) is 13.1 Å². The van der Waals surface area contributed by atoms with Gasteiger partial charge in [0.2, 0.25) is 5.91 Å². The van der Waals surface area contributed by atoms with E-state index in [1.807, 2.05) is 0 Å². The van der Waals surface area contributed by atoms with Crippen molar-refractivity contribution >= 4 is 63.5 Å². The minimum Gasteiger partial charge on any atom is -0.460 e. The van der Waals surface area contributed by atoms with Crippen LogP contribution in [0.15, 0.2) is 34.6 Å². The number of carbonyl (C=O) groups is 3. The molecule has 0 unspecified atom stereocenters. The first-order chi connectivity index (χ1) is 16.9. The molecule has 3 rings (SSSR count). The van der Waals surface area contributed by atoms with Crippen molar-refractivity contribution in [2.24, 2.45) is 0 Å². The summed E-state index contributed by atoms with van der Waals surface area (Å²) in [6.07, 6.45) is 2.44. The second kappa shape index (κ2) is 12.1. The Kier molecular flexibility index (Phi) is 9.37. The molecule has 0 radical (unpaired) electrons. The van der Waals surface area contributed by atoms with Crippen molar-refractivity contribution in [3.8, 4) is 11.1 Å². The van der Waals surface area contributed by atoms with E-state index in [0.29, 0.717) is 33.3 Å². The standard InChI is InChI=1S/C25H26F2N2O4S3/c1-25(2,3)33-22(31)5-4-9-28-21(30)8-10-29-23(32)20(36-24(29)34)13-17-11-16(14-35-17)15-6-7-18(26)19(27)12-15/h6-7,11-14H,4-5,8-10H2,1-3H3,(H,28,30). The van der Waals surface area contributed by atoms with Crippen LogP contribution in [0.2, 0.25) is 0 Å². The van der Waals surface area contributed by atoms with Gasteiger partial charge in [-0.1, -0.05) is 30.0 Å². The second-order valence-electron chi connectivity index (χ2n) is 8.99. The maximum atomic E-state index is 13.5. The molecule has 192 valence electrons. The SMILES string of the molecule is CC(C)(C)OC(=O)CCCNC(=O)CCN1C(=O)C(=Cc2cc(-c3ccc(F)c(F)c3)cs2)SC1=S. The number of hydrogen-bond donors (Lipinski definition) is 1. The third-order valence-electron chi connectivity index (χ3n) is 4.88. The largest absolute Gasteiger partial charge is 0.460 e. The molecule has 36 heavy (non-hydrogen) atoms. The van der Waals surface area contributed by atoms with Crippen molar-refractivity contribution in [3.63, 3.8) is 0 Å². The highest BCUT2D eigenvalue weighted by Crippen LogP contribution is 2.35. The molecule has 1 fully saturated rings. The second-order valence-corrected chi connectivity index (χ2v) is 11.6. The Balaban J connectivity index is 1.49. The van der Waals surface area contributed by atoms with Gasteiger partial charge in [0, 0.05) is 30.8 Å². The summed E-state index contributed by atoms with van der Waals surface area (Å²) in [5, 5.41) is 4.53. The molecular formula is C25H26F2N2O4S3. The number of thioether (sulfide) groups is 1. The predicted molar refractivity (Wildman–Crippen MR) is 142 cm³/mol. The molecule has 0 spiro atoms. The number of amides is 2. The third-order valence-corrected chi connectivity index (χ3v) is 7.14. The Bertz CT molecular complexity index is 1200. The van der Waals surface area contributed by atoms with Gasteiger partial charge in [-0.05, 0) is 68.0 Å². The molecule has 1 aliphatic rings. The van der Waals surface area contributed by atoms with Crippen molar-refractivity contribution < 1.29 is 27.9 Å². The Morgan fingerprint density at radius 3 is 2.58 bits per heavy atom. The van der Waals surface area contributed by atoms with Gasteiger partial charge in [0.15, 0.2) is 11.6 Å². The van der Waals surface area contributed by atoms with Gasteiger partial charge in [-0.3, -0.25) is 19.3 Å². The molecular weight excluding hydrogens is 526 g/mol. The number of benzene rings is 1. The Morgan fingerprint density at radius 1 is 1.14 bits per heavy atom. The zero-order chi connectivity index (χ0) is 26.5. The molecule has 6 nitrogen and oxygen atoms in total. The van der Waals surface area contributed by atoms with Gasteiger partial charge in [0.25, 0.3) is 5.91 Å². The van der Waals surface area contributed by atoms with Crippen LogP contribution in [-0.2, 0) is 19.1 Å². The lowest BCUT2D eigenvalue weighted by atomic mass is 10.1. The Hall–Kier alpha value is -2.63. The van der Waals surface area contributed by atoms with Crippen LogP contribution >= 0.6 is 35.3 Å². The highest BCUT2D eigenvalue weighted by atomic mass is 32.2. The molecule has 11 heteroatoms. The van der Waals surface area contributed by atoms with Crippen molar-refractivity contribution in [3.05, 3.63) is 51.1 Å². The third kappa shape index (κ3) is 7.94. The van der Waals surface area contributed by atoms with E-state index in [0.717, 1.165) is 28.8 Å². The lowest BCUT2D eigenvalue weighted by molar-refractivity contribution is -0.155. The average Bonchev–Trinajstić information content (AvgIpc) is 3.35. The molecule has 2 heterocycles. The van der Waals surface area contributed by atoms with Gasteiger partial charge in [0.05, 0.1) is 4.91 Å². The number of nitrogens with zero attached hydrogens (tertiary/aromatic N) is 1. The van der Waals surface area contributed by atoms with Crippen LogP contribution in [0.5, 0.6) is 0 Å². The maximum Gasteiger partial charge on any atom is 0.306 e. The summed E-state index contributed by atoms with van der Waals surface area (Å²) >= 11 is 7.83. The fourth-order valence-corrected chi connectivity index (χ4v) is 5.45. The van der Waals surface area contributed by atoms with Crippen LogP contribution in [0.1, 0.15) is 44.9 Å². The van der Waals surface area contributed by atoms with Gasteiger partial charge in [-0.15, -0.1) is 11.3 Å². The van der Waals surface area contributed by atoms with Crippen molar-refractivity contribution in [2.45, 2.75) is 45.6 Å². The quantitative estimate of drug-likeness (QED) is 0.191. The molecule has 2 amide bonds. The number of thiocarbonyl (C=S) groups is 1. The maximum absolute atomic E-state index is 13.5. The molecule has 1 aromatic carbocycles. The van der Waals surface area contributed by atoms with E-state index in [4.69, 9.17) is 17.0 Å². The number of nitrogens with one attached hydrogen (secondary N) is 1. The number of thiophene rings is 1. The number of halogens is 2. The highest BCUT2D eigenvalue weighted by molar-refractivity contribution is 8.26. The van der Waals surface area contributed by atoms with E-state index < -0.39 is 17.2 Å². The molecule has 0 atom stereocenters. The van der Waals surface area contributed by atoms with E-state index in [1.54, 1.807) is 38.3 Å². The summed E-state index contributed by atoms with van der Waals surface area (Å²) in [6.45, 7) is 5.86. The number of hydrogen-bond acceptors (Lipinski definition) is 7. The van der Waals surface area contributed by atoms with E-state index in [-0.39, 0.29) is 37.2 Å². The van der Waals surface area contributed by atoms with Crippen LogP contribution in [0.3, 0.4) is 0 Å². The van der Waals surface area contributed by atoms with E-state index in [9.17, 15) is 23.2 Å². The normalized spacial score (nSPS) is 15.0. The minimum absolute atomic E-state index is 0.0748. The summed E-state index contributed by atoms with van der Waals surface area (Å²) in [7, 11) is 0. The summed E-state index contributed by atoms with van der Waals surface area (Å²) in [4.78, 5) is 39.3. The molecule has 2 aromatic rings. The Labute approximate surface area is 222 Å². The fraction of sp³-hybridized carbons (Fsp3) is 0.360. The molecule has 1 aromatic heterocycles. The first kappa shape index (κ1) is 27.9. The lowest BCUT2D eigenvalue weighted by Gasteiger charge is -2.19. The van der Waals surface area contributed by atoms with Crippen LogP contribution in [-0.4, -0.2) is 45.7 Å². The smallest absolute Gasteiger partial charge is 0.306 e. The molecule has 1 N–H and O–H groups in total. The van der Waals surface area contributed by atoms with E-state index >= 15 is 0 Å². The van der Waals surface area contributed by atoms with Crippen molar-refractivity contribution in [1.29, 1.82) is 0 Å². The Morgan fingerprint density at radius 2 is 1.89 bits per heavy atom. The van der Waals surface area contributed by atoms with Gasteiger partial charge in [-0.2, -0.15) is 0 Å². The first-order valence-electron chi connectivity index (χ1n) is 11.2. The molecule has 1 aliphatic heterocycles. The van der Waals surface area contributed by atoms with Gasteiger partial charge in [-0.25, -0.2) is 8.78 Å². The first-order valence-corrected chi connectivity index (χ1v) is 13.3. The minimum atomic E-state index is -0.923. The fourth-order valence-electron chi connectivity index (χ4n) is 3.23. The molecule has 0 bridgehead atoms. The number of esters is 1. The number of rotatable bonds is 9. The zero-order valence-electron chi connectivity index (χ0n) is 20.1. The van der Waals surface area contributed by atoms with Crippen LogP contribution < -0.4 is 5.32 Å². The summed E-state index contributed by atoms with van der Waals surface area (Å²) < 4.78 is 32.3. The molecule has 0 aliphatic carbocycles. The summed E-state index contributed by atoms with van der Waals surface area (Å²) in [6, 6.07) is 5.48. The van der Waals surface area contributed by atoms with Crippen molar-refractivity contribution in [1.82, 2.24) is 10.2 Å². The lowest BCUT2D eigenvalue weighted by Crippen LogP contribution is -2.34. The molecule has 1 saturated heterocycles. The van der Waals surface area contributed by atoms with Gasteiger partial charge >= 0.3 is 5.97 Å². The topological polar surface area (TPSA) is 75.7 Å². The molecule has 0 saturated carbocycles. The zero-order valence-corrected chi connectivity index (χ0v) is 22.5. The summed E-state index contributed by atoms with van der Waals surface area (Å²) in [5.41, 5.74) is 0.707. The van der Waals surface area contributed by atoms with Gasteiger partial charge < -0.3 is 10.1 Å².